The van der Waals surface area contributed by atoms with Crippen molar-refractivity contribution in [3.05, 3.63) is 86.9 Å². The first-order valence-electron chi connectivity index (χ1n) is 10.4. The van der Waals surface area contributed by atoms with E-state index in [1.54, 1.807) is 49.6 Å². The predicted molar refractivity (Wildman–Crippen MR) is 120 cm³/mol. The zero-order valence-corrected chi connectivity index (χ0v) is 18.2. The lowest BCUT2D eigenvalue weighted by Gasteiger charge is -2.40. The van der Waals surface area contributed by atoms with Crippen LogP contribution >= 0.6 is 0 Å². The van der Waals surface area contributed by atoms with E-state index < -0.39 is 16.8 Å². The van der Waals surface area contributed by atoms with Gasteiger partial charge in [0.1, 0.15) is 17.3 Å². The number of carbonyl (C=O) groups is 2. The third-order valence-corrected chi connectivity index (χ3v) is 5.97. The molecular weight excluding hydrogens is 426 g/mol. The molecule has 0 saturated heterocycles. The maximum Gasteiger partial charge on any atom is 0.338 e. The normalized spacial score (nSPS) is 18.2. The van der Waals surface area contributed by atoms with Crippen molar-refractivity contribution in [1.29, 1.82) is 0 Å². The molecule has 2 aromatic carbocycles. The third kappa shape index (κ3) is 3.71. The van der Waals surface area contributed by atoms with Crippen LogP contribution in [0.4, 0.5) is 11.4 Å². The van der Waals surface area contributed by atoms with Crippen molar-refractivity contribution >= 4 is 23.1 Å². The molecular formula is C24H23N3O6. The molecule has 9 nitrogen and oxygen atoms in total. The summed E-state index contributed by atoms with van der Waals surface area (Å²) in [4.78, 5) is 38.9. The first-order chi connectivity index (χ1) is 15.9. The minimum atomic E-state index is -0.759. The Morgan fingerprint density at radius 3 is 2.45 bits per heavy atom. The van der Waals surface area contributed by atoms with Gasteiger partial charge in [0.15, 0.2) is 5.78 Å². The van der Waals surface area contributed by atoms with E-state index in [2.05, 4.69) is 0 Å². The van der Waals surface area contributed by atoms with Crippen LogP contribution in [0.5, 0.6) is 5.75 Å². The second-order valence-corrected chi connectivity index (χ2v) is 7.72. The molecule has 0 aromatic heterocycles. The summed E-state index contributed by atoms with van der Waals surface area (Å²) >= 11 is 0. The Morgan fingerprint density at radius 2 is 1.82 bits per heavy atom. The maximum atomic E-state index is 13.2. The van der Waals surface area contributed by atoms with Crippen LogP contribution in [0.15, 0.2) is 71.2 Å². The monoisotopic (exact) mass is 449 g/mol. The highest BCUT2D eigenvalue weighted by molar-refractivity contribution is 6.05. The molecule has 0 radical (unpaired) electrons. The van der Waals surface area contributed by atoms with Gasteiger partial charge in [-0.25, -0.2) is 4.79 Å². The number of ether oxygens (including phenoxy) is 2. The summed E-state index contributed by atoms with van der Waals surface area (Å²) < 4.78 is 10.3. The largest absolute Gasteiger partial charge is 0.497 e. The minimum absolute atomic E-state index is 0.00502. The number of nitrogens with zero attached hydrogens (tertiary/aromatic N) is 2. The zero-order valence-electron chi connectivity index (χ0n) is 18.2. The van der Waals surface area contributed by atoms with E-state index in [9.17, 15) is 19.7 Å². The molecule has 2 aromatic rings. The number of hydrogen-bond acceptors (Lipinski definition) is 8. The fourth-order valence-electron chi connectivity index (χ4n) is 4.51. The van der Waals surface area contributed by atoms with Crippen LogP contribution in [0.3, 0.4) is 0 Å². The summed E-state index contributed by atoms with van der Waals surface area (Å²) in [5.74, 6) is -0.969. The SMILES string of the molecule is COC(=O)C1=C(N)N(c2ccccc2[N+](=O)[O-])C2=C(C(=O)CCC2)[C@@H]1c1ccc(OC)cc1. The molecule has 0 amide bonds. The standard InChI is InChI=1S/C24H23N3O6/c1-32-15-12-10-14(11-13-15)20-21-18(8-5-9-19(21)28)26(23(25)22(20)24(29)33-2)16-6-3-4-7-17(16)27(30)31/h3-4,6-7,10-13,20H,5,8-9,25H2,1-2H3/t20-/m0/s1. The number of Topliss-reactive ketones (excluding diaryl/α,β-unsaturated/α-hetero) is 1. The Hall–Kier alpha value is -4.14. The van der Waals surface area contributed by atoms with Gasteiger partial charge in [-0.15, -0.1) is 0 Å². The van der Waals surface area contributed by atoms with E-state index >= 15 is 0 Å². The number of methoxy groups -OCH3 is 2. The number of esters is 1. The second kappa shape index (κ2) is 8.78. The van der Waals surface area contributed by atoms with E-state index in [4.69, 9.17) is 15.2 Å². The van der Waals surface area contributed by atoms with E-state index in [1.807, 2.05) is 0 Å². The van der Waals surface area contributed by atoms with Crippen molar-refractivity contribution in [2.75, 3.05) is 19.1 Å². The minimum Gasteiger partial charge on any atom is -0.497 e. The number of para-hydroxylation sites is 2. The zero-order chi connectivity index (χ0) is 23.7. The van der Waals surface area contributed by atoms with Gasteiger partial charge in [0, 0.05) is 23.8 Å². The van der Waals surface area contributed by atoms with Crippen LogP contribution in [0, 0.1) is 10.1 Å². The number of allylic oxidation sites excluding steroid dienone is 2. The van der Waals surface area contributed by atoms with Gasteiger partial charge in [-0.3, -0.25) is 19.8 Å². The van der Waals surface area contributed by atoms with Crippen LogP contribution < -0.4 is 15.4 Å². The highest BCUT2D eigenvalue weighted by Gasteiger charge is 2.44. The van der Waals surface area contributed by atoms with Gasteiger partial charge in [-0.2, -0.15) is 0 Å². The van der Waals surface area contributed by atoms with Crippen molar-refractivity contribution in [2.45, 2.75) is 25.2 Å². The smallest absolute Gasteiger partial charge is 0.338 e. The highest BCUT2D eigenvalue weighted by Crippen LogP contribution is 2.48. The Labute approximate surface area is 190 Å². The average Bonchev–Trinajstić information content (AvgIpc) is 2.83. The number of anilines is 1. The van der Waals surface area contributed by atoms with Gasteiger partial charge in [0.2, 0.25) is 0 Å². The van der Waals surface area contributed by atoms with Crippen molar-refractivity contribution in [2.24, 2.45) is 5.73 Å². The summed E-state index contributed by atoms with van der Waals surface area (Å²) in [6.07, 6.45) is 1.37. The van der Waals surface area contributed by atoms with Gasteiger partial charge >= 0.3 is 5.97 Å². The van der Waals surface area contributed by atoms with Gasteiger partial charge < -0.3 is 15.2 Å². The average molecular weight is 449 g/mol. The van der Waals surface area contributed by atoms with Crippen molar-refractivity contribution in [3.63, 3.8) is 0 Å². The molecule has 0 spiro atoms. The number of benzene rings is 2. The van der Waals surface area contributed by atoms with E-state index in [1.165, 1.54) is 18.1 Å². The lowest BCUT2D eigenvalue weighted by molar-refractivity contribution is -0.384. The number of nitrogens with two attached hydrogens (primary N) is 1. The van der Waals surface area contributed by atoms with Crippen molar-refractivity contribution in [1.82, 2.24) is 0 Å². The Morgan fingerprint density at radius 1 is 1.12 bits per heavy atom. The quantitative estimate of drug-likeness (QED) is 0.417. The van der Waals surface area contributed by atoms with Gasteiger partial charge in [-0.05, 0) is 36.6 Å². The van der Waals surface area contributed by atoms with Crippen LogP contribution in [0.1, 0.15) is 30.7 Å². The third-order valence-electron chi connectivity index (χ3n) is 5.97. The fourth-order valence-corrected chi connectivity index (χ4v) is 4.51. The van der Waals surface area contributed by atoms with Crippen LogP contribution in [0.25, 0.3) is 0 Å². The lowest BCUT2D eigenvalue weighted by atomic mass is 9.75. The molecule has 1 atom stereocenters. The van der Waals surface area contributed by atoms with Crippen LogP contribution in [-0.2, 0) is 14.3 Å². The molecule has 4 rings (SSSR count). The van der Waals surface area contributed by atoms with Crippen molar-refractivity contribution < 1.29 is 24.0 Å². The molecule has 0 saturated carbocycles. The molecule has 9 heteroatoms. The number of hydrogen-bond donors (Lipinski definition) is 1. The van der Waals surface area contributed by atoms with Crippen LogP contribution in [-0.4, -0.2) is 30.9 Å². The van der Waals surface area contributed by atoms with Crippen LogP contribution in [0.2, 0.25) is 0 Å². The molecule has 0 unspecified atom stereocenters. The number of nitro benzene ring substituents is 1. The van der Waals surface area contributed by atoms with Crippen molar-refractivity contribution in [3.8, 4) is 5.75 Å². The molecule has 170 valence electrons. The predicted octanol–water partition coefficient (Wildman–Crippen LogP) is 3.56. The fraction of sp³-hybridized carbons (Fsp3) is 0.250. The van der Waals surface area contributed by atoms with E-state index in [-0.39, 0.29) is 28.6 Å². The van der Waals surface area contributed by atoms with E-state index in [0.717, 1.165) is 0 Å². The lowest BCUT2D eigenvalue weighted by Crippen LogP contribution is -2.41. The first-order valence-corrected chi connectivity index (χ1v) is 10.4. The highest BCUT2D eigenvalue weighted by atomic mass is 16.6. The summed E-state index contributed by atoms with van der Waals surface area (Å²) in [6.45, 7) is 0. The summed E-state index contributed by atoms with van der Waals surface area (Å²) in [7, 11) is 2.78. The first kappa shape index (κ1) is 22.1. The van der Waals surface area contributed by atoms with Gasteiger partial charge in [-0.1, -0.05) is 24.3 Å². The van der Waals surface area contributed by atoms with Gasteiger partial charge in [0.25, 0.3) is 5.69 Å². The molecule has 33 heavy (non-hydrogen) atoms. The molecule has 1 aliphatic carbocycles. The molecule has 2 aliphatic rings. The molecule has 1 aliphatic heterocycles. The summed E-state index contributed by atoms with van der Waals surface area (Å²) in [5.41, 5.74) is 8.26. The molecule has 2 N–H and O–H groups in total. The number of nitro groups is 1. The molecule has 0 bridgehead atoms. The topological polar surface area (TPSA) is 125 Å². The maximum absolute atomic E-state index is 13.2. The van der Waals surface area contributed by atoms with E-state index in [0.29, 0.717) is 41.8 Å². The number of carbonyl (C=O) groups excluding carboxylic acids is 2. The Balaban J connectivity index is 2.02. The Kier molecular flexibility index (Phi) is 5.87. The Bertz CT molecular complexity index is 1200. The summed E-state index contributed by atoms with van der Waals surface area (Å²) in [5, 5.41) is 11.7. The van der Waals surface area contributed by atoms with Gasteiger partial charge in [0.05, 0.1) is 30.6 Å². The number of rotatable bonds is 5. The molecule has 0 fully saturated rings. The number of ketones is 1. The summed E-state index contributed by atoms with van der Waals surface area (Å²) in [6, 6.07) is 13.1. The second-order valence-electron chi connectivity index (χ2n) is 7.72. The molecule has 1 heterocycles.